The fourth-order valence-electron chi connectivity index (χ4n) is 0.671. The molecule has 0 spiro atoms. The van der Waals surface area contributed by atoms with Crippen molar-refractivity contribution < 1.29 is 9.53 Å². The first kappa shape index (κ1) is 13.4. The molecule has 0 heterocycles. The van der Waals surface area contributed by atoms with Crippen LogP contribution >= 0.6 is 31.9 Å². The highest BCUT2D eigenvalue weighted by Gasteiger charge is 2.14. The van der Waals surface area contributed by atoms with Gasteiger partial charge in [0.05, 0.1) is 9.46 Å². The Hall–Kier alpha value is 0.387. The molecule has 0 saturated carbocycles. The lowest BCUT2D eigenvalue weighted by molar-refractivity contribution is -0.139. The van der Waals surface area contributed by atoms with Crippen LogP contribution in [0.2, 0.25) is 0 Å². The number of carbonyl (C=O) groups is 1. The highest BCUT2D eigenvalue weighted by atomic mass is 79.9. The highest BCUT2D eigenvalue weighted by molar-refractivity contribution is 9.26. The Bertz CT molecular complexity index is 199. The minimum absolute atomic E-state index is 0.0790. The van der Waals surface area contributed by atoms with Crippen molar-refractivity contribution >= 4 is 48.1 Å². The van der Waals surface area contributed by atoms with E-state index in [9.17, 15) is 4.79 Å². The van der Waals surface area contributed by atoms with Crippen LogP contribution in [0.25, 0.3) is 0 Å². The van der Waals surface area contributed by atoms with Crippen LogP contribution in [0.5, 0.6) is 0 Å². The molecule has 0 fully saturated rings. The molecular formula is C8H14Br2O2Si. The first-order valence-corrected chi connectivity index (χ1v) is 6.62. The maximum atomic E-state index is 10.9. The molecule has 0 saturated heterocycles. The van der Waals surface area contributed by atoms with Crippen LogP contribution in [0.4, 0.5) is 0 Å². The van der Waals surface area contributed by atoms with Gasteiger partial charge in [0.1, 0.15) is 0 Å². The van der Waals surface area contributed by atoms with E-state index >= 15 is 0 Å². The average molecular weight is 330 g/mol. The van der Waals surface area contributed by atoms with Crippen LogP contribution in [0.15, 0.2) is 12.2 Å². The van der Waals surface area contributed by atoms with Crippen LogP contribution in [0.3, 0.4) is 0 Å². The molecule has 0 aromatic heterocycles. The Labute approximate surface area is 98.8 Å². The van der Waals surface area contributed by atoms with Gasteiger partial charge in [0, 0.05) is 15.8 Å². The Balaban J connectivity index is 3.47. The molecule has 0 unspecified atom stereocenters. The van der Waals surface area contributed by atoms with E-state index in [1.54, 1.807) is 6.92 Å². The molecule has 2 nitrogen and oxygen atoms in total. The van der Waals surface area contributed by atoms with Gasteiger partial charge in [-0.15, -0.1) is 0 Å². The van der Waals surface area contributed by atoms with Crippen LogP contribution in [0, 0.1) is 0 Å². The van der Waals surface area contributed by atoms with Gasteiger partial charge < -0.3 is 4.74 Å². The molecule has 0 atom stereocenters. The molecule has 0 amide bonds. The van der Waals surface area contributed by atoms with Gasteiger partial charge in [-0.2, -0.15) is 0 Å². The molecule has 0 radical (unpaired) electrons. The Kier molecular flexibility index (Phi) is 6.16. The zero-order valence-corrected chi connectivity index (χ0v) is 13.1. The quantitative estimate of drug-likeness (QED) is 0.252. The summed E-state index contributed by atoms with van der Waals surface area (Å²) in [6, 6.07) is 0. The van der Waals surface area contributed by atoms with E-state index in [4.69, 9.17) is 4.74 Å². The lowest BCUT2D eigenvalue weighted by Gasteiger charge is -2.13. The third kappa shape index (κ3) is 8.71. The molecule has 0 bridgehead atoms. The minimum atomic E-state index is -0.303. The van der Waals surface area contributed by atoms with Gasteiger partial charge >= 0.3 is 5.97 Å². The topological polar surface area (TPSA) is 26.3 Å². The Morgan fingerprint density at radius 1 is 1.62 bits per heavy atom. The van der Waals surface area contributed by atoms with Crippen LogP contribution in [-0.4, -0.2) is 25.7 Å². The summed E-state index contributed by atoms with van der Waals surface area (Å²) in [5.74, 6) is -0.303. The smallest absolute Gasteiger partial charge is 0.333 e. The molecule has 0 rings (SSSR count). The number of carbonyl (C=O) groups excluding carboxylic acids is 1. The SMILES string of the molecule is C=C(C)C(=O)OCCCC([SiH3])(Br)Br. The van der Waals surface area contributed by atoms with Gasteiger partial charge in [-0.05, 0) is 19.8 Å². The van der Waals surface area contributed by atoms with Gasteiger partial charge in [0.25, 0.3) is 0 Å². The van der Waals surface area contributed by atoms with Crippen molar-refractivity contribution in [1.82, 2.24) is 0 Å². The fraction of sp³-hybridized carbons (Fsp3) is 0.625. The predicted octanol–water partition coefficient (Wildman–Crippen LogP) is 1.69. The summed E-state index contributed by atoms with van der Waals surface area (Å²) in [7, 11) is 1.01. The summed E-state index contributed by atoms with van der Waals surface area (Å²) in [6.07, 6.45) is 1.82. The maximum absolute atomic E-state index is 10.9. The zero-order chi connectivity index (χ0) is 10.5. The third-order valence-electron chi connectivity index (χ3n) is 1.34. The van der Waals surface area contributed by atoms with Gasteiger partial charge in [0.2, 0.25) is 0 Å². The molecule has 0 aromatic rings. The van der Waals surface area contributed by atoms with E-state index in [1.807, 2.05) is 0 Å². The molecule has 76 valence electrons. The summed E-state index contributed by atoms with van der Waals surface area (Å²) in [4.78, 5) is 10.9. The second kappa shape index (κ2) is 5.98. The van der Waals surface area contributed by atoms with Crippen molar-refractivity contribution in [2.24, 2.45) is 0 Å². The number of ether oxygens (including phenoxy) is 1. The fourth-order valence-corrected chi connectivity index (χ4v) is 1.58. The van der Waals surface area contributed by atoms with Crippen LogP contribution in [0.1, 0.15) is 19.8 Å². The third-order valence-corrected chi connectivity index (χ3v) is 2.63. The van der Waals surface area contributed by atoms with E-state index in [2.05, 4.69) is 38.4 Å². The molecule has 0 aliphatic heterocycles. The van der Waals surface area contributed by atoms with Crippen molar-refractivity contribution in [3.05, 3.63) is 12.2 Å². The van der Waals surface area contributed by atoms with Gasteiger partial charge in [0.15, 0.2) is 0 Å². The molecule has 13 heavy (non-hydrogen) atoms. The van der Waals surface area contributed by atoms with Crippen molar-refractivity contribution in [2.75, 3.05) is 6.61 Å². The Morgan fingerprint density at radius 2 is 2.15 bits per heavy atom. The standard InChI is InChI=1S/C8H14Br2O2Si/c1-6(2)7(11)12-5-3-4-8(9,10)13/h1,3-5H2,2,13H3. The van der Waals surface area contributed by atoms with E-state index in [-0.39, 0.29) is 8.83 Å². The number of halogens is 2. The molecule has 0 aliphatic carbocycles. The summed E-state index contributed by atoms with van der Waals surface area (Å²) in [6.45, 7) is 5.61. The number of esters is 1. The monoisotopic (exact) mass is 328 g/mol. The summed E-state index contributed by atoms with van der Waals surface area (Å²) in [5, 5.41) is 0. The molecule has 0 N–H and O–H groups in total. The summed E-state index contributed by atoms with van der Waals surface area (Å²) in [5.41, 5.74) is 0.454. The van der Waals surface area contributed by atoms with Crippen molar-refractivity contribution in [1.29, 1.82) is 0 Å². The number of hydrogen-bond acceptors (Lipinski definition) is 2. The first-order chi connectivity index (χ1) is 5.83. The largest absolute Gasteiger partial charge is 0.462 e. The molecular weight excluding hydrogens is 316 g/mol. The molecule has 0 aromatic carbocycles. The van der Waals surface area contributed by atoms with Gasteiger partial charge in [-0.1, -0.05) is 38.4 Å². The average Bonchev–Trinajstić information content (AvgIpc) is 1.95. The molecule has 0 aliphatic rings. The van der Waals surface area contributed by atoms with E-state index in [0.29, 0.717) is 12.2 Å². The lowest BCUT2D eigenvalue weighted by atomic mass is 10.3. The predicted molar refractivity (Wildman–Crippen MR) is 65.5 cm³/mol. The van der Waals surface area contributed by atoms with Crippen LogP contribution < -0.4 is 0 Å². The number of hydrogen-bond donors (Lipinski definition) is 0. The normalized spacial score (nSPS) is 11.3. The van der Waals surface area contributed by atoms with E-state index in [1.165, 1.54) is 0 Å². The summed E-state index contributed by atoms with van der Waals surface area (Å²) >= 11 is 6.99. The van der Waals surface area contributed by atoms with Gasteiger partial charge in [-0.3, -0.25) is 0 Å². The lowest BCUT2D eigenvalue weighted by Crippen LogP contribution is -2.13. The Morgan fingerprint density at radius 3 is 2.54 bits per heavy atom. The summed E-state index contributed by atoms with van der Waals surface area (Å²) < 4.78 is 5.01. The number of alkyl halides is 2. The second-order valence-corrected chi connectivity index (χ2v) is 12.3. The highest BCUT2D eigenvalue weighted by Crippen LogP contribution is 2.26. The first-order valence-electron chi connectivity index (χ1n) is 4.03. The van der Waals surface area contributed by atoms with E-state index < -0.39 is 0 Å². The minimum Gasteiger partial charge on any atom is -0.462 e. The zero-order valence-electron chi connectivity index (χ0n) is 7.90. The van der Waals surface area contributed by atoms with E-state index in [0.717, 1.165) is 23.1 Å². The van der Waals surface area contributed by atoms with Gasteiger partial charge in [-0.25, -0.2) is 4.79 Å². The van der Waals surface area contributed by atoms with Crippen molar-refractivity contribution in [3.8, 4) is 0 Å². The second-order valence-electron chi connectivity index (χ2n) is 3.09. The van der Waals surface area contributed by atoms with Crippen molar-refractivity contribution in [3.63, 3.8) is 0 Å². The van der Waals surface area contributed by atoms with Crippen molar-refractivity contribution in [2.45, 2.75) is 22.6 Å². The molecule has 5 heteroatoms. The number of rotatable bonds is 5. The van der Waals surface area contributed by atoms with Crippen LogP contribution in [-0.2, 0) is 9.53 Å². The maximum Gasteiger partial charge on any atom is 0.333 e.